The summed E-state index contributed by atoms with van der Waals surface area (Å²) in [6.07, 6.45) is 0. The first-order chi connectivity index (χ1) is 5.45. The average Bonchev–Trinajstić information content (AvgIpc) is 1.98. The molecule has 72 valence electrons. The molecule has 13 heavy (non-hydrogen) atoms. The summed E-state index contributed by atoms with van der Waals surface area (Å²) in [4.78, 5) is 30.0. The van der Waals surface area contributed by atoms with Gasteiger partial charge in [0.15, 0.2) is 0 Å². The van der Waals surface area contributed by atoms with Crippen molar-refractivity contribution >= 4 is 11.9 Å². The molecule has 0 heterocycles. The molecule has 0 aliphatic rings. The molecule has 0 aliphatic carbocycles. The molecule has 0 aromatic carbocycles. The number of hydrogen-bond acceptors (Lipinski definition) is 4. The fourth-order valence-corrected chi connectivity index (χ4v) is 0.275. The maximum Gasteiger partial charge on any atom is 1.00 e. The van der Waals surface area contributed by atoms with Gasteiger partial charge in [-0.05, 0) is 0 Å². The molecular weight excluding hydrogens is 183 g/mol. The first-order valence-corrected chi connectivity index (χ1v) is 3.87. The molecular formula is C8H15NaO4. The Labute approximate surface area is 102 Å². The van der Waals surface area contributed by atoms with Gasteiger partial charge >= 0.3 is 41.5 Å². The van der Waals surface area contributed by atoms with Gasteiger partial charge in [-0.25, -0.2) is 19.4 Å². The van der Waals surface area contributed by atoms with Crippen LogP contribution in [-0.2, 0) is 19.4 Å². The Hall–Kier alpha value is -0.0600. The summed E-state index contributed by atoms with van der Waals surface area (Å²) in [6.45, 7) is 6.63. The molecule has 0 rings (SSSR count). The average molecular weight is 198 g/mol. The van der Waals surface area contributed by atoms with Crippen LogP contribution in [-0.4, -0.2) is 11.9 Å². The first kappa shape index (κ1) is 15.4. The van der Waals surface area contributed by atoms with E-state index in [0.717, 1.165) is 0 Å². The molecule has 0 aliphatic heterocycles. The monoisotopic (exact) mass is 198 g/mol. The third-order valence-corrected chi connectivity index (χ3v) is 1.15. The fourth-order valence-electron chi connectivity index (χ4n) is 0.275. The molecule has 0 radical (unpaired) electrons. The largest absolute Gasteiger partial charge is 1.00 e. The van der Waals surface area contributed by atoms with E-state index in [1.807, 2.05) is 0 Å². The predicted octanol–water partition coefficient (Wildman–Crippen LogP) is -1.58. The molecule has 0 saturated heterocycles. The van der Waals surface area contributed by atoms with E-state index in [-0.39, 0.29) is 42.8 Å². The molecule has 0 bridgehead atoms. The van der Waals surface area contributed by atoms with Crippen molar-refractivity contribution in [2.45, 2.75) is 27.7 Å². The van der Waals surface area contributed by atoms with Crippen molar-refractivity contribution in [1.82, 2.24) is 0 Å². The minimum atomic E-state index is -0.538. The summed E-state index contributed by atoms with van der Waals surface area (Å²) in [6, 6.07) is 0. The van der Waals surface area contributed by atoms with Crippen LogP contribution in [0.25, 0.3) is 0 Å². The topological polar surface area (TPSA) is 52.6 Å². The van der Waals surface area contributed by atoms with Crippen molar-refractivity contribution in [3.05, 3.63) is 0 Å². The van der Waals surface area contributed by atoms with E-state index >= 15 is 0 Å². The summed E-state index contributed by atoms with van der Waals surface area (Å²) in [7, 11) is 0. The van der Waals surface area contributed by atoms with Gasteiger partial charge in [0.1, 0.15) is 0 Å². The minimum absolute atomic E-state index is 0. The van der Waals surface area contributed by atoms with Gasteiger partial charge in [0.05, 0.1) is 11.8 Å². The first-order valence-electron chi connectivity index (χ1n) is 3.87. The second kappa shape index (κ2) is 7.35. The summed E-state index contributed by atoms with van der Waals surface area (Å²) >= 11 is 0. The van der Waals surface area contributed by atoms with Gasteiger partial charge in [-0.3, -0.25) is 0 Å². The third-order valence-electron chi connectivity index (χ3n) is 1.15. The summed E-state index contributed by atoms with van der Waals surface area (Å²) in [5, 5.41) is 0. The Balaban J connectivity index is -0.000000605. The van der Waals surface area contributed by atoms with Crippen molar-refractivity contribution in [2.24, 2.45) is 11.8 Å². The van der Waals surface area contributed by atoms with E-state index in [9.17, 15) is 9.59 Å². The zero-order valence-electron chi connectivity index (χ0n) is 9.79. The zero-order chi connectivity index (χ0) is 9.72. The molecule has 0 saturated carbocycles. The molecule has 0 spiro atoms. The van der Waals surface area contributed by atoms with Crippen LogP contribution < -0.4 is 29.6 Å². The van der Waals surface area contributed by atoms with Crippen LogP contribution in [0.4, 0.5) is 0 Å². The second-order valence-electron chi connectivity index (χ2n) is 3.11. The smallest absolute Gasteiger partial charge is 1.00 e. The van der Waals surface area contributed by atoms with Crippen LogP contribution in [0, 0.1) is 11.8 Å². The van der Waals surface area contributed by atoms with Crippen molar-refractivity contribution < 1.29 is 50.3 Å². The van der Waals surface area contributed by atoms with E-state index < -0.39 is 11.9 Å². The van der Waals surface area contributed by atoms with Crippen LogP contribution in [0.5, 0.6) is 0 Å². The maximum atomic E-state index is 10.8. The van der Waals surface area contributed by atoms with Crippen molar-refractivity contribution in [1.29, 1.82) is 0 Å². The zero-order valence-corrected chi connectivity index (χ0v) is 10.8. The molecule has 4 nitrogen and oxygen atoms in total. The molecule has 0 fully saturated rings. The minimum Gasteiger partial charge on any atom is -1.00 e. The van der Waals surface area contributed by atoms with Crippen LogP contribution in [0.2, 0.25) is 0 Å². The third kappa shape index (κ3) is 7.05. The number of carbonyl (C=O) groups is 2. The number of rotatable bonds is 2. The van der Waals surface area contributed by atoms with E-state index in [1.54, 1.807) is 27.7 Å². The predicted molar refractivity (Wildman–Crippen MR) is 43.0 cm³/mol. The van der Waals surface area contributed by atoms with Crippen LogP contribution in [0.3, 0.4) is 0 Å². The van der Waals surface area contributed by atoms with E-state index in [1.165, 1.54) is 0 Å². The Morgan fingerprint density at radius 3 is 1.31 bits per heavy atom. The number of carbonyl (C=O) groups excluding carboxylic acids is 2. The fraction of sp³-hybridized carbons (Fsp3) is 0.750. The van der Waals surface area contributed by atoms with Crippen molar-refractivity contribution in [2.75, 3.05) is 0 Å². The maximum absolute atomic E-state index is 10.8. The Kier molecular flexibility index (Phi) is 8.72. The van der Waals surface area contributed by atoms with Gasteiger partial charge in [0.25, 0.3) is 0 Å². The Bertz CT molecular complexity index is 162. The van der Waals surface area contributed by atoms with Crippen molar-refractivity contribution in [3.63, 3.8) is 0 Å². The second-order valence-corrected chi connectivity index (χ2v) is 3.11. The molecule has 5 heteroatoms. The normalized spacial score (nSPS) is 9.38. The molecule has 0 amide bonds. The summed E-state index contributed by atoms with van der Waals surface area (Å²) < 4.78 is 0. The molecule has 0 aromatic heterocycles. The van der Waals surface area contributed by atoms with Gasteiger partial charge in [0, 0.05) is 0 Å². The molecule has 0 atom stereocenters. The van der Waals surface area contributed by atoms with Gasteiger partial charge in [-0.2, -0.15) is 0 Å². The Morgan fingerprint density at radius 2 is 1.15 bits per heavy atom. The standard InChI is InChI=1S/C8H14O4.Na.H/c1-5(2)7(9)11-12-8(10)6(3)4;;/h5-6H,1-4H3;;/q;+1;-1. The van der Waals surface area contributed by atoms with Crippen LogP contribution in [0.1, 0.15) is 29.1 Å². The van der Waals surface area contributed by atoms with E-state index in [2.05, 4.69) is 9.78 Å². The SMILES string of the molecule is CC(C)C(=O)OOC(=O)C(C)C.[H-].[Na+]. The summed E-state index contributed by atoms with van der Waals surface area (Å²) in [5.74, 6) is -1.65. The molecule has 0 unspecified atom stereocenters. The van der Waals surface area contributed by atoms with E-state index in [0.29, 0.717) is 0 Å². The van der Waals surface area contributed by atoms with Gasteiger partial charge in [0.2, 0.25) is 0 Å². The van der Waals surface area contributed by atoms with Gasteiger partial charge in [-0.1, -0.05) is 27.7 Å². The number of hydrogen-bond donors (Lipinski definition) is 0. The van der Waals surface area contributed by atoms with Crippen LogP contribution in [0.15, 0.2) is 0 Å². The Morgan fingerprint density at radius 1 is 0.923 bits per heavy atom. The van der Waals surface area contributed by atoms with E-state index in [4.69, 9.17) is 0 Å². The summed E-state index contributed by atoms with van der Waals surface area (Å²) in [5.41, 5.74) is 0. The van der Waals surface area contributed by atoms with Crippen molar-refractivity contribution in [3.8, 4) is 0 Å². The van der Waals surface area contributed by atoms with Gasteiger partial charge in [-0.15, -0.1) is 0 Å². The van der Waals surface area contributed by atoms with Gasteiger partial charge < -0.3 is 1.43 Å². The molecule has 0 N–H and O–H groups in total. The quantitative estimate of drug-likeness (QED) is 0.305. The molecule has 0 aromatic rings. The van der Waals surface area contributed by atoms with Crippen LogP contribution >= 0.6 is 0 Å².